The van der Waals surface area contributed by atoms with E-state index < -0.39 is 0 Å². The largest absolute Gasteiger partial charge is 0.342 e. The Labute approximate surface area is 147 Å². The van der Waals surface area contributed by atoms with E-state index in [-0.39, 0.29) is 0 Å². The molecule has 1 aliphatic heterocycles. The number of piperidine rings is 1. The number of nitrogens with zero attached hydrogens (tertiary/aromatic N) is 1. The monoisotopic (exact) mass is 335 g/mol. The van der Waals surface area contributed by atoms with Crippen molar-refractivity contribution in [2.45, 2.75) is 77.0 Å². The first-order valence-electron chi connectivity index (χ1n) is 9.70. The van der Waals surface area contributed by atoms with Crippen LogP contribution < -0.4 is 0 Å². The molecular weight excluding hydrogens is 302 g/mol. The molecule has 1 saturated heterocycles. The quantitative estimate of drug-likeness (QED) is 0.651. The molecule has 3 aliphatic carbocycles. The fourth-order valence-electron chi connectivity index (χ4n) is 7.49. The van der Waals surface area contributed by atoms with Gasteiger partial charge in [0.05, 0.1) is 0 Å². The van der Waals surface area contributed by atoms with Gasteiger partial charge in [0.25, 0.3) is 0 Å². The van der Waals surface area contributed by atoms with E-state index in [9.17, 15) is 4.79 Å². The van der Waals surface area contributed by atoms with Gasteiger partial charge in [-0.3, -0.25) is 4.79 Å². The van der Waals surface area contributed by atoms with Crippen molar-refractivity contribution in [1.82, 2.24) is 4.90 Å². The van der Waals surface area contributed by atoms with Crippen LogP contribution in [0.4, 0.5) is 0 Å². The third-order valence-corrected chi connectivity index (χ3v) is 9.07. The van der Waals surface area contributed by atoms with Crippen LogP contribution in [0.2, 0.25) is 0 Å². The molecule has 4 aliphatic rings. The van der Waals surface area contributed by atoms with Crippen LogP contribution in [0.1, 0.15) is 65.7 Å². The summed E-state index contributed by atoms with van der Waals surface area (Å²) in [7, 11) is 2.06. The summed E-state index contributed by atoms with van der Waals surface area (Å²) in [4.78, 5) is 14.4. The number of hydrogen-bond acceptors (Lipinski definition) is 2. The molecule has 0 N–H and O–H groups in total. The first kappa shape index (κ1) is 16.3. The maximum atomic E-state index is 12.3. The van der Waals surface area contributed by atoms with Crippen molar-refractivity contribution in [3.05, 3.63) is 0 Å². The molecule has 3 heteroatoms. The van der Waals surface area contributed by atoms with E-state index in [0.717, 1.165) is 36.5 Å². The van der Waals surface area contributed by atoms with Crippen LogP contribution >= 0.6 is 12.6 Å². The summed E-state index contributed by atoms with van der Waals surface area (Å²) in [6.45, 7) is 7.53. The molecule has 0 aromatic rings. The fraction of sp³-hybridized carbons (Fsp3) is 0.950. The Hall–Kier alpha value is -0.180. The summed E-state index contributed by atoms with van der Waals surface area (Å²) in [5, 5.41) is 0.608. The van der Waals surface area contributed by atoms with Gasteiger partial charge in [-0.25, -0.2) is 0 Å². The molecular formula is C20H33NOS. The Morgan fingerprint density at radius 1 is 1.17 bits per heavy atom. The van der Waals surface area contributed by atoms with E-state index in [1.165, 1.54) is 32.1 Å². The smallest absolute Gasteiger partial charge is 0.222 e. The van der Waals surface area contributed by atoms with Gasteiger partial charge in [-0.05, 0) is 73.0 Å². The van der Waals surface area contributed by atoms with Gasteiger partial charge in [-0.15, -0.1) is 0 Å². The molecule has 0 radical (unpaired) electrons. The van der Waals surface area contributed by atoms with E-state index in [1.54, 1.807) is 0 Å². The lowest BCUT2D eigenvalue weighted by molar-refractivity contribution is -0.164. The molecule has 8 atom stereocenters. The number of carbonyl (C=O) groups is 1. The minimum atomic E-state index is 0.343. The number of fused-ring (bicyclic) bond motifs is 5. The maximum absolute atomic E-state index is 12.3. The number of likely N-dealkylation sites (tertiary alicyclic amines) is 1. The highest BCUT2D eigenvalue weighted by Gasteiger charge is 2.61. The second-order valence-electron chi connectivity index (χ2n) is 9.82. The summed E-state index contributed by atoms with van der Waals surface area (Å²) in [6.07, 6.45) is 8.47. The first-order valence-corrected chi connectivity index (χ1v) is 10.2. The molecule has 23 heavy (non-hydrogen) atoms. The van der Waals surface area contributed by atoms with Crippen LogP contribution in [-0.4, -0.2) is 29.1 Å². The molecule has 5 unspecified atom stereocenters. The Morgan fingerprint density at radius 3 is 2.65 bits per heavy atom. The number of amides is 1. The van der Waals surface area contributed by atoms with Crippen LogP contribution in [0.5, 0.6) is 0 Å². The average Bonchev–Trinajstić information content (AvgIpc) is 2.80. The highest BCUT2D eigenvalue weighted by molar-refractivity contribution is 7.81. The van der Waals surface area contributed by atoms with E-state index in [0.29, 0.717) is 28.0 Å². The van der Waals surface area contributed by atoms with Crippen LogP contribution in [0, 0.1) is 34.5 Å². The number of thiol groups is 1. The molecule has 4 fully saturated rings. The van der Waals surface area contributed by atoms with Gasteiger partial charge in [0.15, 0.2) is 0 Å². The molecule has 1 heterocycles. The Balaban J connectivity index is 1.70. The minimum Gasteiger partial charge on any atom is -0.342 e. The molecule has 4 rings (SSSR count). The third-order valence-electron chi connectivity index (χ3n) is 8.68. The van der Waals surface area contributed by atoms with Crippen LogP contribution in [-0.2, 0) is 4.79 Å². The van der Waals surface area contributed by atoms with Gasteiger partial charge in [-0.2, -0.15) is 12.6 Å². The normalized spacial score (nSPS) is 56.0. The van der Waals surface area contributed by atoms with Crippen LogP contribution in [0.15, 0.2) is 0 Å². The van der Waals surface area contributed by atoms with Crippen molar-refractivity contribution in [2.24, 2.45) is 34.5 Å². The first-order chi connectivity index (χ1) is 10.8. The second-order valence-corrected chi connectivity index (χ2v) is 10.5. The molecule has 130 valence electrons. The Kier molecular flexibility index (Phi) is 3.66. The maximum Gasteiger partial charge on any atom is 0.222 e. The van der Waals surface area contributed by atoms with Crippen molar-refractivity contribution >= 4 is 18.5 Å². The summed E-state index contributed by atoms with van der Waals surface area (Å²) in [6, 6.07) is 0.470. The van der Waals surface area contributed by atoms with Gasteiger partial charge in [0.1, 0.15) is 0 Å². The average molecular weight is 336 g/mol. The summed E-state index contributed by atoms with van der Waals surface area (Å²) in [5.41, 5.74) is 0.872. The number of carbonyl (C=O) groups excluding carboxylic acids is 1. The van der Waals surface area contributed by atoms with Crippen LogP contribution in [0.25, 0.3) is 0 Å². The van der Waals surface area contributed by atoms with Crippen LogP contribution in [0.3, 0.4) is 0 Å². The zero-order chi connectivity index (χ0) is 16.6. The van der Waals surface area contributed by atoms with Gasteiger partial charge in [0.2, 0.25) is 5.91 Å². The van der Waals surface area contributed by atoms with Gasteiger partial charge < -0.3 is 4.90 Å². The molecule has 0 aromatic carbocycles. The van der Waals surface area contributed by atoms with Crippen molar-refractivity contribution in [3.8, 4) is 0 Å². The van der Waals surface area contributed by atoms with Gasteiger partial charge >= 0.3 is 0 Å². The van der Waals surface area contributed by atoms with Gasteiger partial charge in [0, 0.05) is 24.8 Å². The predicted molar refractivity (Wildman–Crippen MR) is 97.5 cm³/mol. The Morgan fingerprint density at radius 2 is 1.91 bits per heavy atom. The predicted octanol–water partition coefficient (Wildman–Crippen LogP) is 4.39. The SMILES string of the molecule is CC1CC2N(C)C(=O)CC[C@]2(C)C2CC[C@]3(C)C[C@@H](S)CC3C12. The lowest BCUT2D eigenvalue weighted by Gasteiger charge is -2.63. The van der Waals surface area contributed by atoms with Crippen molar-refractivity contribution in [1.29, 1.82) is 0 Å². The van der Waals surface area contributed by atoms with E-state index in [4.69, 9.17) is 12.6 Å². The standard InChI is InChI=1S/C20H33NOS/c1-12-9-16-20(3,8-6-17(22)21(16)4)14-5-7-19(2)11-13(23)10-15(19)18(12)14/h12-16,18,23H,5-11H2,1-4H3/t12?,13-,14?,15?,16?,18?,19+,20+/m0/s1. The van der Waals surface area contributed by atoms with E-state index >= 15 is 0 Å². The molecule has 1 amide bonds. The van der Waals surface area contributed by atoms with E-state index in [2.05, 4.69) is 32.7 Å². The van der Waals surface area contributed by atoms with Gasteiger partial charge in [-0.1, -0.05) is 20.8 Å². The lowest BCUT2D eigenvalue weighted by atomic mass is 9.45. The number of rotatable bonds is 0. The van der Waals surface area contributed by atoms with E-state index in [1.807, 2.05) is 0 Å². The second kappa shape index (κ2) is 5.16. The van der Waals surface area contributed by atoms with Crippen molar-refractivity contribution in [2.75, 3.05) is 7.05 Å². The highest BCUT2D eigenvalue weighted by atomic mass is 32.1. The summed E-state index contributed by atoms with van der Waals surface area (Å²) in [5.74, 6) is 3.64. The molecule has 0 spiro atoms. The fourth-order valence-corrected chi connectivity index (χ4v) is 8.13. The topological polar surface area (TPSA) is 20.3 Å². The number of hydrogen-bond donors (Lipinski definition) is 1. The minimum absolute atomic E-state index is 0.343. The van der Waals surface area contributed by atoms with Crippen molar-refractivity contribution < 1.29 is 4.79 Å². The Bertz CT molecular complexity index is 522. The zero-order valence-electron chi connectivity index (χ0n) is 15.2. The van der Waals surface area contributed by atoms with Crippen molar-refractivity contribution in [3.63, 3.8) is 0 Å². The highest BCUT2D eigenvalue weighted by Crippen LogP contribution is 2.66. The third kappa shape index (κ3) is 2.17. The summed E-state index contributed by atoms with van der Waals surface area (Å²) < 4.78 is 0. The molecule has 2 nitrogen and oxygen atoms in total. The molecule has 0 bridgehead atoms. The molecule has 3 saturated carbocycles. The lowest BCUT2D eigenvalue weighted by Crippen LogP contribution is -2.62. The molecule has 0 aromatic heterocycles. The zero-order valence-corrected chi connectivity index (χ0v) is 16.1. The summed E-state index contributed by atoms with van der Waals surface area (Å²) >= 11 is 4.87.